The molecule has 0 spiro atoms. The third kappa shape index (κ3) is 3.55. The highest BCUT2D eigenvalue weighted by molar-refractivity contribution is 7.99. The van der Waals surface area contributed by atoms with Gasteiger partial charge in [-0.1, -0.05) is 42.5 Å². The lowest BCUT2D eigenvalue weighted by atomic mass is 10.1. The van der Waals surface area contributed by atoms with Crippen LogP contribution in [0.5, 0.6) is 0 Å². The summed E-state index contributed by atoms with van der Waals surface area (Å²) in [6.45, 7) is -0.299. The predicted molar refractivity (Wildman–Crippen MR) is 110 cm³/mol. The third-order valence-corrected chi connectivity index (χ3v) is 5.90. The summed E-state index contributed by atoms with van der Waals surface area (Å²) in [5, 5.41) is 0. The highest BCUT2D eigenvalue weighted by atomic mass is 32.2. The average Bonchev–Trinajstić information content (AvgIpc) is 3.17. The fourth-order valence-corrected chi connectivity index (χ4v) is 4.53. The van der Waals surface area contributed by atoms with Crippen molar-refractivity contribution in [3.05, 3.63) is 84.2 Å². The monoisotopic (exact) mass is 392 g/mol. The molecule has 1 aliphatic heterocycles. The number of hydrogen-bond donors (Lipinski definition) is 0. The number of benzene rings is 2. The molecular formula is C22H20N2O3S. The van der Waals surface area contributed by atoms with E-state index in [9.17, 15) is 9.59 Å². The van der Waals surface area contributed by atoms with Crippen LogP contribution in [0.3, 0.4) is 0 Å². The lowest BCUT2D eigenvalue weighted by Gasteiger charge is -2.37. The zero-order valence-electron chi connectivity index (χ0n) is 15.4. The second-order valence-electron chi connectivity index (χ2n) is 6.55. The first-order valence-corrected chi connectivity index (χ1v) is 10.0. The van der Waals surface area contributed by atoms with Gasteiger partial charge in [0, 0.05) is 23.9 Å². The van der Waals surface area contributed by atoms with Gasteiger partial charge in [-0.2, -0.15) is 0 Å². The number of carbonyl (C=O) groups is 2. The number of esters is 1. The average molecular weight is 392 g/mol. The lowest BCUT2D eigenvalue weighted by molar-refractivity contribution is -0.122. The summed E-state index contributed by atoms with van der Waals surface area (Å²) in [4.78, 5) is 28.2. The first-order valence-electron chi connectivity index (χ1n) is 9.02. The van der Waals surface area contributed by atoms with Crippen molar-refractivity contribution >= 4 is 29.3 Å². The number of aryl methyl sites for hydroxylation is 1. The van der Waals surface area contributed by atoms with Crippen molar-refractivity contribution < 1.29 is 14.3 Å². The quantitative estimate of drug-likeness (QED) is 0.628. The molecule has 1 atom stereocenters. The Kier molecular flexibility index (Phi) is 5.21. The Labute approximate surface area is 167 Å². The number of anilines is 1. The van der Waals surface area contributed by atoms with Crippen LogP contribution in [-0.4, -0.2) is 28.8 Å². The van der Waals surface area contributed by atoms with Crippen molar-refractivity contribution in [1.82, 2.24) is 4.57 Å². The van der Waals surface area contributed by atoms with Crippen LogP contribution in [0.25, 0.3) is 0 Å². The second kappa shape index (κ2) is 7.94. The molecule has 0 unspecified atom stereocenters. The van der Waals surface area contributed by atoms with Crippen molar-refractivity contribution in [1.29, 1.82) is 0 Å². The van der Waals surface area contributed by atoms with E-state index in [0.717, 1.165) is 21.9 Å². The summed E-state index contributed by atoms with van der Waals surface area (Å²) in [6, 6.07) is 21.1. The van der Waals surface area contributed by atoms with Crippen LogP contribution in [0.4, 0.5) is 5.69 Å². The van der Waals surface area contributed by atoms with Crippen LogP contribution in [0, 0.1) is 0 Å². The number of aromatic nitrogens is 1. The van der Waals surface area contributed by atoms with Gasteiger partial charge in [0.05, 0.1) is 11.7 Å². The summed E-state index contributed by atoms with van der Waals surface area (Å²) >= 11 is 1.73. The number of para-hydroxylation sites is 1. The SMILES string of the molecule is Cn1cccc1C(=O)OCC(=O)N1c2ccccc2SC[C@H]1c1ccccc1. The molecule has 0 bridgehead atoms. The van der Waals surface area contributed by atoms with Crippen LogP contribution in [0.15, 0.2) is 77.8 Å². The van der Waals surface area contributed by atoms with Crippen molar-refractivity contribution in [3.63, 3.8) is 0 Å². The van der Waals surface area contributed by atoms with E-state index in [0.29, 0.717) is 5.69 Å². The zero-order valence-corrected chi connectivity index (χ0v) is 16.3. The minimum Gasteiger partial charge on any atom is -0.451 e. The molecule has 142 valence electrons. The van der Waals surface area contributed by atoms with E-state index in [1.165, 1.54) is 0 Å². The Hall–Kier alpha value is -2.99. The molecule has 2 aromatic carbocycles. The van der Waals surface area contributed by atoms with Crippen LogP contribution in [0.1, 0.15) is 22.1 Å². The molecule has 0 fully saturated rings. The summed E-state index contributed by atoms with van der Waals surface area (Å²) in [5.74, 6) is 0.0133. The molecule has 6 heteroatoms. The van der Waals surface area contributed by atoms with Crippen LogP contribution in [-0.2, 0) is 16.6 Å². The molecular weight excluding hydrogens is 372 g/mol. The van der Waals surface area contributed by atoms with E-state index >= 15 is 0 Å². The third-order valence-electron chi connectivity index (χ3n) is 4.77. The lowest BCUT2D eigenvalue weighted by Crippen LogP contribution is -2.41. The van der Waals surface area contributed by atoms with Crippen molar-refractivity contribution in [2.24, 2.45) is 7.05 Å². The van der Waals surface area contributed by atoms with E-state index in [4.69, 9.17) is 4.74 Å². The van der Waals surface area contributed by atoms with Gasteiger partial charge in [-0.15, -0.1) is 11.8 Å². The van der Waals surface area contributed by atoms with Gasteiger partial charge in [-0.3, -0.25) is 9.69 Å². The van der Waals surface area contributed by atoms with Gasteiger partial charge in [-0.25, -0.2) is 4.79 Å². The van der Waals surface area contributed by atoms with Crippen molar-refractivity contribution in [3.8, 4) is 0 Å². The van der Waals surface area contributed by atoms with Crippen LogP contribution < -0.4 is 4.90 Å². The highest BCUT2D eigenvalue weighted by Gasteiger charge is 2.33. The van der Waals surface area contributed by atoms with E-state index in [2.05, 4.69) is 0 Å². The summed E-state index contributed by atoms with van der Waals surface area (Å²) in [5.41, 5.74) is 2.33. The highest BCUT2D eigenvalue weighted by Crippen LogP contribution is 2.43. The maximum Gasteiger partial charge on any atom is 0.355 e. The Morgan fingerprint density at radius 1 is 1.04 bits per heavy atom. The molecule has 3 aromatic rings. The molecule has 0 aliphatic carbocycles. The molecule has 1 aliphatic rings. The molecule has 2 heterocycles. The molecule has 1 aromatic heterocycles. The number of nitrogens with zero attached hydrogens (tertiary/aromatic N) is 2. The van der Waals surface area contributed by atoms with E-state index in [1.807, 2.05) is 54.6 Å². The predicted octanol–water partition coefficient (Wildman–Crippen LogP) is 4.06. The standard InChI is InChI=1S/C22H20N2O3S/c1-23-13-7-11-18(23)22(26)27-14-21(25)24-17-10-5-6-12-20(17)28-15-19(24)16-8-3-2-4-9-16/h2-13,19H,14-15H2,1H3/t19-/m0/s1. The number of carbonyl (C=O) groups excluding carboxylic acids is 2. The fraction of sp³-hybridized carbons (Fsp3) is 0.182. The van der Waals surface area contributed by atoms with Gasteiger partial charge in [0.15, 0.2) is 6.61 Å². The van der Waals surface area contributed by atoms with Gasteiger partial charge in [0.25, 0.3) is 5.91 Å². The summed E-state index contributed by atoms with van der Waals surface area (Å²) < 4.78 is 7.00. The van der Waals surface area contributed by atoms with Gasteiger partial charge < -0.3 is 9.30 Å². The minimum absolute atomic E-state index is 0.109. The molecule has 1 amide bonds. The first-order chi connectivity index (χ1) is 13.6. The Morgan fingerprint density at radius 3 is 2.54 bits per heavy atom. The Balaban J connectivity index is 1.59. The van der Waals surface area contributed by atoms with Gasteiger partial charge >= 0.3 is 5.97 Å². The fourth-order valence-electron chi connectivity index (χ4n) is 3.36. The number of fused-ring (bicyclic) bond motifs is 1. The van der Waals surface area contributed by atoms with Gasteiger partial charge in [0.1, 0.15) is 5.69 Å². The number of amides is 1. The number of hydrogen-bond acceptors (Lipinski definition) is 4. The molecule has 4 rings (SSSR count). The topological polar surface area (TPSA) is 51.5 Å². The maximum atomic E-state index is 13.1. The summed E-state index contributed by atoms with van der Waals surface area (Å²) in [7, 11) is 1.77. The largest absolute Gasteiger partial charge is 0.451 e. The van der Waals surface area contributed by atoms with E-state index in [-0.39, 0.29) is 18.6 Å². The summed E-state index contributed by atoms with van der Waals surface area (Å²) in [6.07, 6.45) is 1.77. The minimum atomic E-state index is -0.503. The molecule has 0 saturated heterocycles. The molecule has 0 saturated carbocycles. The number of ether oxygens (including phenoxy) is 1. The van der Waals surface area contributed by atoms with Gasteiger partial charge in [-0.05, 0) is 29.8 Å². The Bertz CT molecular complexity index is 1000. The van der Waals surface area contributed by atoms with E-state index < -0.39 is 5.97 Å². The van der Waals surface area contributed by atoms with Crippen LogP contribution in [0.2, 0.25) is 0 Å². The maximum absolute atomic E-state index is 13.1. The van der Waals surface area contributed by atoms with Crippen LogP contribution >= 0.6 is 11.8 Å². The van der Waals surface area contributed by atoms with Crippen molar-refractivity contribution in [2.75, 3.05) is 17.3 Å². The van der Waals surface area contributed by atoms with Gasteiger partial charge in [0.2, 0.25) is 0 Å². The van der Waals surface area contributed by atoms with Crippen molar-refractivity contribution in [2.45, 2.75) is 10.9 Å². The zero-order chi connectivity index (χ0) is 19.5. The molecule has 0 N–H and O–H groups in total. The normalized spacial score (nSPS) is 15.8. The molecule has 0 radical (unpaired) electrons. The first kappa shape index (κ1) is 18.4. The number of rotatable bonds is 4. The second-order valence-corrected chi connectivity index (χ2v) is 7.61. The molecule has 5 nitrogen and oxygen atoms in total. The Morgan fingerprint density at radius 2 is 1.79 bits per heavy atom. The van der Waals surface area contributed by atoms with E-state index in [1.54, 1.807) is 46.6 Å². The molecule has 28 heavy (non-hydrogen) atoms. The number of thioether (sulfide) groups is 1. The smallest absolute Gasteiger partial charge is 0.355 e.